The first-order valence-electron chi connectivity index (χ1n) is 9.50. The molecule has 1 spiro atoms. The van der Waals surface area contributed by atoms with E-state index in [0.717, 1.165) is 21.8 Å². The molecule has 106 valence electrons. The Balaban J connectivity index is 1.33. The van der Waals surface area contributed by atoms with Crippen LogP contribution in [0.15, 0.2) is 0 Å². The maximum Gasteiger partial charge on any atom is 0.208 e. The Morgan fingerprint density at radius 3 is 2.10 bits per heavy atom. The molecule has 0 aromatic carbocycles. The van der Waals surface area contributed by atoms with Gasteiger partial charge in [-0.25, -0.2) is 0 Å². The van der Waals surface area contributed by atoms with Gasteiger partial charge in [-0.15, -0.1) is 0 Å². The topological polar surface area (TPSA) is 0 Å². The van der Waals surface area contributed by atoms with E-state index in [2.05, 4.69) is 13.8 Å². The lowest BCUT2D eigenvalue weighted by Crippen LogP contribution is -2.73. The number of quaternary nitrogens is 1. The molecule has 1 nitrogen and oxygen atoms in total. The molecule has 0 radical (unpaired) electrons. The number of hydrogen-bond donors (Lipinski definition) is 0. The van der Waals surface area contributed by atoms with Gasteiger partial charge in [-0.2, -0.15) is 0 Å². The van der Waals surface area contributed by atoms with Crippen molar-refractivity contribution in [3.8, 4) is 0 Å². The van der Waals surface area contributed by atoms with Gasteiger partial charge in [0, 0.05) is 18.3 Å². The molecule has 0 aromatic heterocycles. The van der Waals surface area contributed by atoms with E-state index < -0.39 is 0 Å². The number of hydrogen-bond acceptors (Lipinski definition) is 0. The van der Waals surface area contributed by atoms with Crippen molar-refractivity contribution in [1.29, 1.82) is 0 Å². The zero-order valence-electron chi connectivity index (χ0n) is 12.9. The maximum absolute atomic E-state index is 2.75. The summed E-state index contributed by atoms with van der Waals surface area (Å²) in [5.74, 6) is 3.58. The van der Waals surface area contributed by atoms with Gasteiger partial charge in [0.15, 0.2) is 12.1 Å². The Morgan fingerprint density at radius 1 is 0.900 bits per heavy atom. The number of nitrogens with zero attached hydrogens (tertiary/aromatic N) is 1. The number of piperidine rings is 3. The first kappa shape index (κ1) is 9.87. The average Bonchev–Trinajstić information content (AvgIpc) is 3.23. The summed E-state index contributed by atoms with van der Waals surface area (Å²) in [6, 6.07) is 3.61. The van der Waals surface area contributed by atoms with Gasteiger partial charge in [-0.3, -0.25) is 4.48 Å². The van der Waals surface area contributed by atoms with Crippen LogP contribution in [0.2, 0.25) is 0 Å². The van der Waals surface area contributed by atoms with Gasteiger partial charge in [0.25, 0.3) is 0 Å². The molecule has 1 heteroatoms. The second kappa shape index (κ2) is 2.02. The second-order valence-electron chi connectivity index (χ2n) is 10.7. The average molecular weight is 268 g/mol. The minimum Gasteiger partial charge on any atom is -0.280 e. The van der Waals surface area contributed by atoms with Crippen molar-refractivity contribution in [2.75, 3.05) is 0 Å². The Hall–Kier alpha value is -0.0400. The summed E-state index contributed by atoms with van der Waals surface area (Å²) < 4.78 is 1.70. The Kier molecular flexibility index (Phi) is 0.999. The molecular formula is C19H26N+. The summed E-state index contributed by atoms with van der Waals surface area (Å²) in [6.45, 7) is 5.39. The lowest BCUT2D eigenvalue weighted by atomic mass is 9.26. The van der Waals surface area contributed by atoms with Crippen LogP contribution in [-0.2, 0) is 0 Å². The zero-order chi connectivity index (χ0) is 12.9. The highest BCUT2D eigenvalue weighted by molar-refractivity contribution is 5.55. The molecule has 0 aromatic rings. The summed E-state index contributed by atoms with van der Waals surface area (Å²) >= 11 is 0. The van der Waals surface area contributed by atoms with Gasteiger partial charge in [-0.05, 0) is 54.8 Å². The van der Waals surface area contributed by atoms with Crippen molar-refractivity contribution in [1.82, 2.24) is 0 Å². The summed E-state index contributed by atoms with van der Waals surface area (Å²) in [5.41, 5.74) is 3.46. The minimum absolute atomic E-state index is 0.774. The van der Waals surface area contributed by atoms with Crippen LogP contribution in [0.5, 0.6) is 0 Å². The lowest BCUT2D eigenvalue weighted by Gasteiger charge is -2.77. The smallest absolute Gasteiger partial charge is 0.208 e. The summed E-state index contributed by atoms with van der Waals surface area (Å²) in [5, 5.41) is 0. The standard InChI is InChI=1S/C19H26N/c1-16(5-3-4-6-16)19(10-7-11(19)8-10)18-9-12(18)13-17(2)14-15(18)20(13,14)17/h10-15H,3-9H2,1-2H3/q+1. The molecule has 4 saturated heterocycles. The third-order valence-electron chi connectivity index (χ3n) is 11.4. The van der Waals surface area contributed by atoms with E-state index in [4.69, 9.17) is 0 Å². The third-order valence-corrected chi connectivity index (χ3v) is 11.4. The predicted octanol–water partition coefficient (Wildman–Crippen LogP) is 3.33. The molecule has 4 heterocycles. The van der Waals surface area contributed by atoms with Crippen molar-refractivity contribution in [2.24, 2.45) is 34.0 Å². The van der Waals surface area contributed by atoms with Gasteiger partial charge in [0.1, 0.15) is 0 Å². The Bertz CT molecular complexity index is 618. The molecular weight excluding hydrogens is 242 g/mol. The molecule has 0 N–H and O–H groups in total. The van der Waals surface area contributed by atoms with Gasteiger partial charge >= 0.3 is 0 Å². The van der Waals surface area contributed by atoms with Crippen LogP contribution < -0.4 is 0 Å². The van der Waals surface area contributed by atoms with Gasteiger partial charge in [0.2, 0.25) is 11.6 Å². The lowest BCUT2D eigenvalue weighted by molar-refractivity contribution is -0.632. The molecule has 20 heavy (non-hydrogen) atoms. The fourth-order valence-corrected chi connectivity index (χ4v) is 11.0. The Labute approximate surface area is 121 Å². The SMILES string of the molecule is CC1(C2(C34CC3C3C5(C)C6C4[N+]365)C3CC2C3)CCCC1. The van der Waals surface area contributed by atoms with Gasteiger partial charge in [-0.1, -0.05) is 19.8 Å². The van der Waals surface area contributed by atoms with Crippen LogP contribution in [0.1, 0.15) is 58.8 Å². The molecule has 5 aliphatic carbocycles. The predicted molar refractivity (Wildman–Crippen MR) is 75.8 cm³/mol. The van der Waals surface area contributed by atoms with Crippen LogP contribution in [-0.4, -0.2) is 28.1 Å². The molecule has 9 fully saturated rings. The molecule has 9 rings (SSSR count). The number of rotatable bonds is 2. The zero-order valence-corrected chi connectivity index (χ0v) is 12.9. The van der Waals surface area contributed by atoms with Gasteiger partial charge in [0.05, 0.1) is 0 Å². The summed E-state index contributed by atoms with van der Waals surface area (Å²) in [7, 11) is 0. The van der Waals surface area contributed by atoms with E-state index in [-0.39, 0.29) is 0 Å². The van der Waals surface area contributed by atoms with E-state index in [1.54, 1.807) is 49.4 Å². The first-order valence-corrected chi connectivity index (χ1v) is 9.50. The van der Waals surface area contributed by atoms with Gasteiger partial charge < -0.3 is 0 Å². The van der Waals surface area contributed by atoms with Crippen molar-refractivity contribution >= 4 is 0 Å². The van der Waals surface area contributed by atoms with Crippen LogP contribution in [0.3, 0.4) is 0 Å². The highest BCUT2D eigenvalue weighted by atomic mass is 15.9. The second-order valence-corrected chi connectivity index (χ2v) is 10.7. The van der Waals surface area contributed by atoms with Crippen molar-refractivity contribution < 1.29 is 4.48 Å². The van der Waals surface area contributed by atoms with Crippen molar-refractivity contribution in [3.05, 3.63) is 0 Å². The maximum atomic E-state index is 2.75. The van der Waals surface area contributed by atoms with Crippen LogP contribution in [0.25, 0.3) is 0 Å². The normalized spacial score (nSPS) is 84.3. The fourth-order valence-electron chi connectivity index (χ4n) is 11.0. The van der Waals surface area contributed by atoms with Crippen LogP contribution in [0.4, 0.5) is 0 Å². The Morgan fingerprint density at radius 2 is 1.60 bits per heavy atom. The molecule has 7 atom stereocenters. The van der Waals surface area contributed by atoms with E-state index in [0.29, 0.717) is 0 Å². The molecule has 2 bridgehead atoms. The molecule has 5 saturated carbocycles. The number of fused-ring (bicyclic) bond motifs is 7. The molecule has 0 amide bonds. The van der Waals surface area contributed by atoms with Crippen LogP contribution in [0, 0.1) is 34.0 Å². The molecule has 4 aliphatic heterocycles. The van der Waals surface area contributed by atoms with E-state index >= 15 is 0 Å². The quantitative estimate of drug-likeness (QED) is 0.532. The summed E-state index contributed by atoms with van der Waals surface area (Å²) in [4.78, 5) is 0. The summed E-state index contributed by atoms with van der Waals surface area (Å²) in [6.07, 6.45) is 11.3. The minimum atomic E-state index is 0.774. The van der Waals surface area contributed by atoms with E-state index in [1.807, 2.05) is 0 Å². The third kappa shape index (κ3) is 0.487. The van der Waals surface area contributed by atoms with E-state index in [1.165, 1.54) is 35.9 Å². The fraction of sp³-hybridized carbons (Fsp3) is 1.00. The molecule has 9 aliphatic rings. The van der Waals surface area contributed by atoms with Crippen LogP contribution >= 0.6 is 0 Å². The van der Waals surface area contributed by atoms with Crippen molar-refractivity contribution in [2.45, 2.75) is 82.5 Å². The largest absolute Gasteiger partial charge is 0.280 e. The molecule has 7 unspecified atom stereocenters. The first-order chi connectivity index (χ1) is 9.62. The van der Waals surface area contributed by atoms with Crippen molar-refractivity contribution in [3.63, 3.8) is 0 Å². The van der Waals surface area contributed by atoms with E-state index in [9.17, 15) is 0 Å². The monoisotopic (exact) mass is 268 g/mol. The highest BCUT2D eigenvalue weighted by Crippen LogP contribution is 3.08. The highest BCUT2D eigenvalue weighted by Gasteiger charge is 3.28.